The summed E-state index contributed by atoms with van der Waals surface area (Å²) in [4.78, 5) is 27.8. The Hall–Kier alpha value is -4.14. The molecule has 0 aliphatic carbocycles. The van der Waals surface area contributed by atoms with Crippen molar-refractivity contribution >= 4 is 29.1 Å². The van der Waals surface area contributed by atoms with Gasteiger partial charge >= 0.3 is 12.2 Å². The van der Waals surface area contributed by atoms with Gasteiger partial charge in [0.15, 0.2) is 0 Å². The van der Waals surface area contributed by atoms with Gasteiger partial charge < -0.3 is 16.0 Å². The highest BCUT2D eigenvalue weighted by Crippen LogP contribution is 2.30. The zero-order valence-electron chi connectivity index (χ0n) is 16.0. The first-order chi connectivity index (χ1) is 14.7. The quantitative estimate of drug-likeness (QED) is 0.469. The SMILES string of the molecule is C=CC(=O)Nc1cccc(-c2ccc(NC(=O)Nc3cccc(C(F)(F)F)c3)cc2)n1. The van der Waals surface area contributed by atoms with Crippen LogP contribution in [0.15, 0.2) is 79.4 Å². The number of hydrogen-bond acceptors (Lipinski definition) is 3. The van der Waals surface area contributed by atoms with Crippen molar-refractivity contribution in [2.75, 3.05) is 16.0 Å². The summed E-state index contributed by atoms with van der Waals surface area (Å²) in [7, 11) is 0. The third kappa shape index (κ3) is 5.92. The van der Waals surface area contributed by atoms with Crippen LogP contribution in [0.4, 0.5) is 35.2 Å². The molecule has 0 radical (unpaired) electrons. The fourth-order valence-corrected chi connectivity index (χ4v) is 2.63. The van der Waals surface area contributed by atoms with E-state index in [4.69, 9.17) is 0 Å². The van der Waals surface area contributed by atoms with Crippen LogP contribution in [0.2, 0.25) is 0 Å². The third-order valence-corrected chi connectivity index (χ3v) is 4.07. The number of carbonyl (C=O) groups excluding carboxylic acids is 2. The number of anilines is 3. The molecule has 0 bridgehead atoms. The number of benzene rings is 2. The van der Waals surface area contributed by atoms with Crippen LogP contribution in [0.3, 0.4) is 0 Å². The molecule has 158 valence electrons. The van der Waals surface area contributed by atoms with Crippen LogP contribution in [-0.4, -0.2) is 16.9 Å². The van der Waals surface area contributed by atoms with Gasteiger partial charge in [0.1, 0.15) is 5.82 Å². The molecule has 0 aliphatic rings. The molecule has 0 saturated carbocycles. The Morgan fingerprint density at radius 3 is 2.23 bits per heavy atom. The minimum Gasteiger partial charge on any atom is -0.308 e. The molecule has 0 fully saturated rings. The van der Waals surface area contributed by atoms with Gasteiger partial charge in [-0.1, -0.05) is 30.8 Å². The summed E-state index contributed by atoms with van der Waals surface area (Å²) in [6.07, 6.45) is -3.36. The monoisotopic (exact) mass is 426 g/mol. The van der Waals surface area contributed by atoms with Gasteiger partial charge in [0.05, 0.1) is 11.3 Å². The van der Waals surface area contributed by atoms with Crippen LogP contribution in [0, 0.1) is 0 Å². The normalized spacial score (nSPS) is 10.8. The number of halogens is 3. The molecule has 2 aromatic carbocycles. The number of amides is 3. The van der Waals surface area contributed by atoms with Gasteiger partial charge in [-0.3, -0.25) is 4.79 Å². The van der Waals surface area contributed by atoms with E-state index in [1.54, 1.807) is 42.5 Å². The molecule has 0 spiro atoms. The first-order valence-corrected chi connectivity index (χ1v) is 9.01. The standard InChI is InChI=1S/C22H17F3N4O2/c1-2-20(30)29-19-8-4-7-18(28-19)14-9-11-16(12-10-14)26-21(31)27-17-6-3-5-15(13-17)22(23,24)25/h2-13H,1H2,(H2,26,27,31)(H,28,29,30). The van der Waals surface area contributed by atoms with Crippen LogP contribution in [0.5, 0.6) is 0 Å². The number of hydrogen-bond donors (Lipinski definition) is 3. The summed E-state index contributed by atoms with van der Waals surface area (Å²) in [5.41, 5.74) is 0.935. The van der Waals surface area contributed by atoms with E-state index in [1.807, 2.05) is 0 Å². The van der Waals surface area contributed by atoms with Crippen molar-refractivity contribution in [1.82, 2.24) is 4.98 Å². The van der Waals surface area contributed by atoms with Crippen molar-refractivity contribution in [3.05, 3.63) is 84.9 Å². The lowest BCUT2D eigenvalue weighted by Crippen LogP contribution is -2.19. The number of pyridine rings is 1. The van der Waals surface area contributed by atoms with Gasteiger partial charge in [-0.2, -0.15) is 13.2 Å². The molecule has 1 aromatic heterocycles. The summed E-state index contributed by atoms with van der Waals surface area (Å²) < 4.78 is 38.3. The Balaban J connectivity index is 1.66. The van der Waals surface area contributed by atoms with Crippen molar-refractivity contribution in [3.63, 3.8) is 0 Å². The van der Waals surface area contributed by atoms with Crippen LogP contribution < -0.4 is 16.0 Å². The molecule has 0 unspecified atom stereocenters. The zero-order valence-corrected chi connectivity index (χ0v) is 16.0. The number of aromatic nitrogens is 1. The maximum absolute atomic E-state index is 12.8. The van der Waals surface area contributed by atoms with E-state index in [0.717, 1.165) is 23.8 Å². The second-order valence-electron chi connectivity index (χ2n) is 6.34. The highest BCUT2D eigenvalue weighted by molar-refractivity contribution is 6.00. The maximum atomic E-state index is 12.8. The Kier molecular flexibility index (Phi) is 6.35. The van der Waals surface area contributed by atoms with E-state index >= 15 is 0 Å². The first kappa shape index (κ1) is 21.6. The molecule has 1 heterocycles. The van der Waals surface area contributed by atoms with E-state index in [0.29, 0.717) is 17.2 Å². The highest BCUT2D eigenvalue weighted by atomic mass is 19.4. The van der Waals surface area contributed by atoms with Gasteiger partial charge in [-0.15, -0.1) is 0 Å². The lowest BCUT2D eigenvalue weighted by atomic mass is 10.1. The van der Waals surface area contributed by atoms with Gasteiger partial charge in [0, 0.05) is 16.9 Å². The molecule has 3 rings (SSSR count). The fraction of sp³-hybridized carbons (Fsp3) is 0.0455. The lowest BCUT2D eigenvalue weighted by Gasteiger charge is -2.11. The number of carbonyl (C=O) groups is 2. The molecular formula is C22H17F3N4O2. The Labute approximate surface area is 175 Å². The lowest BCUT2D eigenvalue weighted by molar-refractivity contribution is -0.137. The van der Waals surface area contributed by atoms with Crippen molar-refractivity contribution in [1.29, 1.82) is 0 Å². The second-order valence-corrected chi connectivity index (χ2v) is 6.34. The predicted molar refractivity (Wildman–Crippen MR) is 113 cm³/mol. The minimum absolute atomic E-state index is 0.0199. The van der Waals surface area contributed by atoms with Gasteiger partial charge in [0.2, 0.25) is 5.91 Å². The van der Waals surface area contributed by atoms with Crippen LogP contribution in [0.1, 0.15) is 5.56 Å². The van der Waals surface area contributed by atoms with E-state index in [-0.39, 0.29) is 11.6 Å². The summed E-state index contributed by atoms with van der Waals surface area (Å²) in [6.45, 7) is 3.38. The number of nitrogens with one attached hydrogen (secondary N) is 3. The van der Waals surface area contributed by atoms with Gasteiger partial charge in [0.25, 0.3) is 0 Å². The third-order valence-electron chi connectivity index (χ3n) is 4.07. The largest absolute Gasteiger partial charge is 0.416 e. The second kappa shape index (κ2) is 9.12. The summed E-state index contributed by atoms with van der Waals surface area (Å²) in [5, 5.41) is 7.49. The van der Waals surface area contributed by atoms with E-state index < -0.39 is 17.8 Å². The fourth-order valence-electron chi connectivity index (χ4n) is 2.63. The van der Waals surface area contributed by atoms with Crippen LogP contribution in [0.25, 0.3) is 11.3 Å². The molecule has 31 heavy (non-hydrogen) atoms. The van der Waals surface area contributed by atoms with Crippen LogP contribution in [-0.2, 0) is 11.0 Å². The molecule has 9 heteroatoms. The topological polar surface area (TPSA) is 83.1 Å². The van der Waals surface area contributed by atoms with E-state index in [2.05, 4.69) is 27.5 Å². The molecule has 3 amide bonds. The highest BCUT2D eigenvalue weighted by Gasteiger charge is 2.30. The Morgan fingerprint density at radius 2 is 1.55 bits per heavy atom. The summed E-state index contributed by atoms with van der Waals surface area (Å²) in [6, 6.07) is 15.5. The molecule has 0 aliphatic heterocycles. The molecular weight excluding hydrogens is 409 g/mol. The molecule has 0 atom stereocenters. The van der Waals surface area contributed by atoms with Crippen LogP contribution >= 0.6 is 0 Å². The first-order valence-electron chi connectivity index (χ1n) is 9.01. The van der Waals surface area contributed by atoms with Crippen molar-refractivity contribution in [2.45, 2.75) is 6.18 Å². The summed E-state index contributed by atoms with van der Waals surface area (Å²) in [5.74, 6) is -0.0129. The number of urea groups is 1. The number of rotatable bonds is 5. The maximum Gasteiger partial charge on any atom is 0.416 e. The Morgan fingerprint density at radius 1 is 0.871 bits per heavy atom. The Bertz CT molecular complexity index is 1110. The average molecular weight is 426 g/mol. The minimum atomic E-state index is -4.50. The molecule has 0 saturated heterocycles. The van der Waals surface area contributed by atoms with Crippen molar-refractivity contribution in [3.8, 4) is 11.3 Å². The van der Waals surface area contributed by atoms with E-state index in [1.165, 1.54) is 12.1 Å². The van der Waals surface area contributed by atoms with Gasteiger partial charge in [-0.05, 0) is 48.5 Å². The van der Waals surface area contributed by atoms with Crippen molar-refractivity contribution in [2.24, 2.45) is 0 Å². The molecule has 6 nitrogen and oxygen atoms in total. The summed E-state index contributed by atoms with van der Waals surface area (Å²) >= 11 is 0. The number of nitrogens with zero attached hydrogens (tertiary/aromatic N) is 1. The smallest absolute Gasteiger partial charge is 0.308 e. The van der Waals surface area contributed by atoms with Crippen molar-refractivity contribution < 1.29 is 22.8 Å². The number of alkyl halides is 3. The molecule has 3 aromatic rings. The zero-order chi connectivity index (χ0) is 22.4. The van der Waals surface area contributed by atoms with E-state index in [9.17, 15) is 22.8 Å². The predicted octanol–water partition coefficient (Wildman–Crippen LogP) is 5.54. The van der Waals surface area contributed by atoms with Gasteiger partial charge in [-0.25, -0.2) is 9.78 Å². The average Bonchev–Trinajstić information content (AvgIpc) is 2.74. The molecule has 3 N–H and O–H groups in total.